The lowest BCUT2D eigenvalue weighted by Gasteiger charge is -2.32. The Morgan fingerprint density at radius 3 is 2.05 bits per heavy atom. The molecule has 6 heteroatoms. The molecule has 0 aliphatic carbocycles. The van der Waals surface area contributed by atoms with Crippen LogP contribution < -0.4 is 0 Å². The van der Waals surface area contributed by atoms with Crippen molar-refractivity contribution in [2.24, 2.45) is 0 Å². The third kappa shape index (κ3) is 2.20. The van der Waals surface area contributed by atoms with E-state index >= 15 is 0 Å². The summed E-state index contributed by atoms with van der Waals surface area (Å²) in [5, 5.41) is 12.0. The smallest absolute Gasteiger partial charge is 0.381 e. The van der Waals surface area contributed by atoms with Crippen LogP contribution in [-0.4, -0.2) is 16.8 Å². The van der Waals surface area contributed by atoms with Gasteiger partial charge in [0.15, 0.2) is 0 Å². The Balaban J connectivity index is 2.07. The second kappa shape index (κ2) is 5.05. The van der Waals surface area contributed by atoms with Gasteiger partial charge in [0, 0.05) is 10.5 Å². The van der Waals surface area contributed by atoms with Gasteiger partial charge in [-0.1, -0.05) is 48.5 Å². The average Bonchev–Trinajstić information content (AvgIpc) is 2.88. The van der Waals surface area contributed by atoms with Gasteiger partial charge >= 0.3 is 6.18 Å². The first-order valence-electron chi connectivity index (χ1n) is 6.64. The van der Waals surface area contributed by atoms with Crippen LogP contribution in [0, 0.1) is 5.21 Å². The molecule has 3 rings (SSSR count). The Morgan fingerprint density at radius 1 is 0.955 bits per heavy atom. The van der Waals surface area contributed by atoms with Gasteiger partial charge in [0.2, 0.25) is 5.60 Å². The number of nitrogens with zero attached hydrogens (tertiary/aromatic N) is 1. The van der Waals surface area contributed by atoms with E-state index in [1.807, 2.05) is 0 Å². The zero-order valence-electron chi connectivity index (χ0n) is 11.4. The van der Waals surface area contributed by atoms with Crippen molar-refractivity contribution in [2.75, 3.05) is 0 Å². The molecule has 114 valence electrons. The number of hydrogen-bond acceptors (Lipinski definition) is 2. The molecule has 0 saturated heterocycles. The summed E-state index contributed by atoms with van der Waals surface area (Å²) >= 11 is 0. The average molecular weight is 307 g/mol. The molecule has 2 aromatic rings. The summed E-state index contributed by atoms with van der Waals surface area (Å²) in [6, 6.07) is 15.4. The standard InChI is InChI=1S/C16H12F3NO2/c17-16(18,19)15(13-9-5-2-6-10-13)11-14(20(21)22-15)12-7-3-1-4-8-12/h1-10H,11H2. The largest absolute Gasteiger partial charge is 0.413 e. The summed E-state index contributed by atoms with van der Waals surface area (Å²) in [5.74, 6) is 0. The fraction of sp³-hybridized carbons (Fsp3) is 0.188. The molecule has 1 atom stereocenters. The predicted molar refractivity (Wildman–Crippen MR) is 74.1 cm³/mol. The Bertz CT molecular complexity index is 698. The van der Waals surface area contributed by atoms with Gasteiger partial charge in [-0.25, -0.2) is 0 Å². The normalized spacial score (nSPS) is 21.8. The highest BCUT2D eigenvalue weighted by Crippen LogP contribution is 2.48. The molecule has 0 spiro atoms. The molecule has 0 radical (unpaired) electrons. The van der Waals surface area contributed by atoms with Gasteiger partial charge in [-0.05, 0) is 17.7 Å². The van der Waals surface area contributed by atoms with Gasteiger partial charge in [-0.2, -0.15) is 13.2 Å². The Kier molecular flexibility index (Phi) is 3.31. The van der Waals surface area contributed by atoms with Crippen LogP contribution in [0.3, 0.4) is 0 Å². The molecule has 0 N–H and O–H groups in total. The highest BCUT2D eigenvalue weighted by Gasteiger charge is 2.62. The molecule has 1 heterocycles. The lowest BCUT2D eigenvalue weighted by Crippen LogP contribution is -2.43. The molecule has 1 unspecified atom stereocenters. The third-order valence-corrected chi connectivity index (χ3v) is 3.68. The predicted octanol–water partition coefficient (Wildman–Crippen LogP) is 3.78. The van der Waals surface area contributed by atoms with E-state index in [0.717, 1.165) is 0 Å². The van der Waals surface area contributed by atoms with Gasteiger partial charge in [0.05, 0.1) is 6.42 Å². The van der Waals surface area contributed by atoms with E-state index in [2.05, 4.69) is 0 Å². The van der Waals surface area contributed by atoms with Gasteiger partial charge in [-0.15, -0.1) is 0 Å². The molecule has 0 amide bonds. The van der Waals surface area contributed by atoms with Gasteiger partial charge in [0.25, 0.3) is 5.71 Å². The first-order chi connectivity index (χ1) is 10.4. The zero-order chi connectivity index (χ0) is 15.8. The quantitative estimate of drug-likeness (QED) is 0.792. The molecule has 1 aliphatic heterocycles. The summed E-state index contributed by atoms with van der Waals surface area (Å²) in [5.41, 5.74) is -2.36. The van der Waals surface area contributed by atoms with Crippen LogP contribution >= 0.6 is 0 Å². The maximum atomic E-state index is 13.7. The number of benzene rings is 2. The van der Waals surface area contributed by atoms with Crippen molar-refractivity contribution >= 4 is 5.71 Å². The number of halogens is 3. The maximum Gasteiger partial charge on any atom is 0.413 e. The molecule has 3 nitrogen and oxygen atoms in total. The zero-order valence-corrected chi connectivity index (χ0v) is 11.4. The number of rotatable bonds is 2. The summed E-state index contributed by atoms with van der Waals surface area (Å²) in [4.78, 5) is 4.76. The minimum absolute atomic E-state index is 0.0180. The monoisotopic (exact) mass is 307 g/mol. The second-order valence-electron chi connectivity index (χ2n) is 5.03. The topological polar surface area (TPSA) is 35.3 Å². The fourth-order valence-electron chi connectivity index (χ4n) is 2.55. The Labute approximate surface area is 124 Å². The first kappa shape index (κ1) is 14.4. The maximum absolute atomic E-state index is 13.7. The summed E-state index contributed by atoms with van der Waals surface area (Å²) in [6.07, 6.45) is -5.28. The van der Waals surface area contributed by atoms with Gasteiger partial charge in [-0.3, -0.25) is 5.21 Å². The number of hydrogen-bond donors (Lipinski definition) is 0. The van der Waals surface area contributed by atoms with Crippen molar-refractivity contribution in [2.45, 2.75) is 18.2 Å². The third-order valence-electron chi connectivity index (χ3n) is 3.68. The van der Waals surface area contributed by atoms with E-state index in [9.17, 15) is 18.4 Å². The summed E-state index contributed by atoms with van der Waals surface area (Å²) < 4.78 is 41.0. The van der Waals surface area contributed by atoms with Crippen LogP contribution in [0.25, 0.3) is 0 Å². The highest BCUT2D eigenvalue weighted by molar-refractivity contribution is 5.98. The SMILES string of the molecule is [O-][N+]1=C(c2ccccc2)CC(c2ccccc2)(C(F)(F)F)O1. The second-order valence-corrected chi connectivity index (χ2v) is 5.03. The van der Waals surface area contributed by atoms with Crippen LogP contribution in [0.4, 0.5) is 13.2 Å². The number of alkyl halides is 3. The molecule has 22 heavy (non-hydrogen) atoms. The van der Waals surface area contributed by atoms with Crippen LogP contribution in [-0.2, 0) is 10.4 Å². The van der Waals surface area contributed by atoms with Gasteiger partial charge in [0.1, 0.15) is 0 Å². The van der Waals surface area contributed by atoms with E-state index < -0.39 is 18.2 Å². The van der Waals surface area contributed by atoms with E-state index in [1.165, 1.54) is 24.3 Å². The molecule has 0 aromatic heterocycles. The van der Waals surface area contributed by atoms with Crippen molar-refractivity contribution in [1.29, 1.82) is 0 Å². The van der Waals surface area contributed by atoms with Crippen LogP contribution in [0.15, 0.2) is 60.7 Å². The van der Waals surface area contributed by atoms with E-state index in [4.69, 9.17) is 4.84 Å². The van der Waals surface area contributed by atoms with Crippen molar-refractivity contribution in [3.63, 3.8) is 0 Å². The molecular weight excluding hydrogens is 295 g/mol. The Morgan fingerprint density at radius 2 is 1.50 bits per heavy atom. The molecule has 0 bridgehead atoms. The van der Waals surface area contributed by atoms with Crippen molar-refractivity contribution in [3.05, 3.63) is 77.0 Å². The van der Waals surface area contributed by atoms with Crippen molar-refractivity contribution in [1.82, 2.24) is 0 Å². The van der Waals surface area contributed by atoms with Gasteiger partial charge < -0.3 is 4.84 Å². The van der Waals surface area contributed by atoms with E-state index in [-0.39, 0.29) is 16.2 Å². The van der Waals surface area contributed by atoms with Crippen molar-refractivity contribution < 1.29 is 22.9 Å². The van der Waals surface area contributed by atoms with Crippen molar-refractivity contribution in [3.8, 4) is 0 Å². The van der Waals surface area contributed by atoms with Crippen LogP contribution in [0.5, 0.6) is 0 Å². The Hall–Kier alpha value is -2.50. The lowest BCUT2D eigenvalue weighted by atomic mass is 9.86. The minimum atomic E-state index is -4.71. The molecule has 0 fully saturated rings. The molecule has 0 saturated carbocycles. The molecule has 1 aliphatic rings. The fourth-order valence-corrected chi connectivity index (χ4v) is 2.55. The van der Waals surface area contributed by atoms with E-state index in [0.29, 0.717) is 5.56 Å². The molecule has 2 aromatic carbocycles. The van der Waals surface area contributed by atoms with Crippen LogP contribution in [0.1, 0.15) is 17.5 Å². The minimum Gasteiger partial charge on any atom is -0.381 e. The van der Waals surface area contributed by atoms with Crippen LogP contribution in [0.2, 0.25) is 0 Å². The highest BCUT2D eigenvalue weighted by atomic mass is 19.4. The molecular formula is C16H12F3NO2. The van der Waals surface area contributed by atoms with E-state index in [1.54, 1.807) is 36.4 Å². The lowest BCUT2D eigenvalue weighted by molar-refractivity contribution is -0.764. The summed E-state index contributed by atoms with van der Waals surface area (Å²) in [7, 11) is 0. The first-order valence-corrected chi connectivity index (χ1v) is 6.64. The summed E-state index contributed by atoms with van der Waals surface area (Å²) in [6.45, 7) is 0.